The first kappa shape index (κ1) is 16.8. The number of nitrogens with zero attached hydrogens (tertiary/aromatic N) is 1. The van der Waals surface area contributed by atoms with Crippen molar-refractivity contribution in [3.63, 3.8) is 0 Å². The molecule has 4 nitrogen and oxygen atoms in total. The molecular weight excluding hydrogens is 278 g/mol. The van der Waals surface area contributed by atoms with Crippen LogP contribution in [0.4, 0.5) is 4.79 Å². The van der Waals surface area contributed by atoms with E-state index in [1.165, 1.54) is 0 Å². The van der Waals surface area contributed by atoms with Crippen molar-refractivity contribution in [1.29, 1.82) is 0 Å². The number of amides is 1. The SMILES string of the molecule is CC(C(O)c1ccccc1)C1CCCN1C(=O)OC(C)(C)C. The quantitative estimate of drug-likeness (QED) is 0.925. The van der Waals surface area contributed by atoms with Gasteiger partial charge in [-0.15, -0.1) is 0 Å². The lowest BCUT2D eigenvalue weighted by Gasteiger charge is -2.33. The molecule has 1 N–H and O–H groups in total. The van der Waals surface area contributed by atoms with Crippen LogP contribution in [0, 0.1) is 5.92 Å². The molecule has 1 saturated heterocycles. The van der Waals surface area contributed by atoms with Gasteiger partial charge in [-0.3, -0.25) is 0 Å². The largest absolute Gasteiger partial charge is 0.444 e. The van der Waals surface area contributed by atoms with Crippen molar-refractivity contribution in [3.05, 3.63) is 35.9 Å². The number of benzene rings is 1. The molecular formula is C18H27NO3. The van der Waals surface area contributed by atoms with Gasteiger partial charge in [-0.2, -0.15) is 0 Å². The van der Waals surface area contributed by atoms with Crippen LogP contribution in [0.2, 0.25) is 0 Å². The van der Waals surface area contributed by atoms with Gasteiger partial charge >= 0.3 is 6.09 Å². The van der Waals surface area contributed by atoms with Gasteiger partial charge < -0.3 is 14.7 Å². The Hall–Kier alpha value is -1.55. The molecule has 1 aliphatic heterocycles. The Kier molecular flexibility index (Phi) is 5.12. The predicted molar refractivity (Wildman–Crippen MR) is 86.5 cm³/mol. The van der Waals surface area contributed by atoms with Gasteiger partial charge in [-0.1, -0.05) is 37.3 Å². The minimum Gasteiger partial charge on any atom is -0.444 e. The number of aliphatic hydroxyl groups excluding tert-OH is 1. The van der Waals surface area contributed by atoms with Crippen LogP contribution in [-0.2, 0) is 4.74 Å². The van der Waals surface area contributed by atoms with E-state index in [1.807, 2.05) is 58.0 Å². The summed E-state index contributed by atoms with van der Waals surface area (Å²) in [7, 11) is 0. The fourth-order valence-electron chi connectivity index (χ4n) is 3.05. The first-order valence-electron chi connectivity index (χ1n) is 8.02. The van der Waals surface area contributed by atoms with E-state index in [-0.39, 0.29) is 18.1 Å². The molecule has 122 valence electrons. The number of carbonyl (C=O) groups excluding carboxylic acids is 1. The van der Waals surface area contributed by atoms with Crippen molar-refractivity contribution in [3.8, 4) is 0 Å². The van der Waals surface area contributed by atoms with Crippen LogP contribution in [0.1, 0.15) is 52.2 Å². The summed E-state index contributed by atoms with van der Waals surface area (Å²) in [5.74, 6) is -0.0302. The van der Waals surface area contributed by atoms with Crippen molar-refractivity contribution in [2.75, 3.05) is 6.54 Å². The van der Waals surface area contributed by atoms with E-state index in [2.05, 4.69) is 0 Å². The Balaban J connectivity index is 2.08. The molecule has 1 aliphatic rings. The van der Waals surface area contributed by atoms with Gasteiger partial charge in [0.2, 0.25) is 0 Å². The number of ether oxygens (including phenoxy) is 1. The summed E-state index contributed by atoms with van der Waals surface area (Å²) >= 11 is 0. The van der Waals surface area contributed by atoms with E-state index in [1.54, 1.807) is 4.90 Å². The maximum absolute atomic E-state index is 12.4. The van der Waals surface area contributed by atoms with Gasteiger partial charge in [0.05, 0.1) is 6.10 Å². The highest BCUT2D eigenvalue weighted by molar-refractivity contribution is 5.69. The number of hydrogen-bond acceptors (Lipinski definition) is 3. The average Bonchev–Trinajstić information content (AvgIpc) is 2.94. The van der Waals surface area contributed by atoms with E-state index in [0.29, 0.717) is 6.54 Å². The normalized spacial score (nSPS) is 21.5. The van der Waals surface area contributed by atoms with E-state index in [9.17, 15) is 9.90 Å². The van der Waals surface area contributed by atoms with E-state index in [4.69, 9.17) is 4.74 Å². The summed E-state index contributed by atoms with van der Waals surface area (Å²) in [6, 6.07) is 9.65. The van der Waals surface area contributed by atoms with Crippen LogP contribution in [0.15, 0.2) is 30.3 Å². The topological polar surface area (TPSA) is 49.8 Å². The summed E-state index contributed by atoms with van der Waals surface area (Å²) in [6.07, 6.45) is 1.01. The molecule has 1 fully saturated rings. The monoisotopic (exact) mass is 305 g/mol. The molecule has 1 heterocycles. The standard InChI is InChI=1S/C18H27NO3/c1-13(16(20)14-9-6-5-7-10-14)15-11-8-12-19(15)17(21)22-18(2,3)4/h5-7,9-10,13,15-16,20H,8,11-12H2,1-4H3. The second-order valence-electron chi connectivity index (χ2n) is 7.10. The number of aliphatic hydroxyl groups is 1. The number of carbonyl (C=O) groups is 1. The van der Waals surface area contributed by atoms with Crippen LogP contribution in [0.25, 0.3) is 0 Å². The number of likely N-dealkylation sites (tertiary alicyclic amines) is 1. The molecule has 0 aromatic heterocycles. The summed E-state index contributed by atoms with van der Waals surface area (Å²) in [5.41, 5.74) is 0.400. The lowest BCUT2D eigenvalue weighted by Crippen LogP contribution is -2.43. The third kappa shape index (κ3) is 4.01. The highest BCUT2D eigenvalue weighted by atomic mass is 16.6. The molecule has 1 amide bonds. The fraction of sp³-hybridized carbons (Fsp3) is 0.611. The minimum atomic E-state index is -0.575. The molecule has 2 rings (SSSR count). The van der Waals surface area contributed by atoms with Crippen LogP contribution in [-0.4, -0.2) is 34.3 Å². The van der Waals surface area contributed by atoms with Gasteiger partial charge in [-0.05, 0) is 39.2 Å². The van der Waals surface area contributed by atoms with E-state index in [0.717, 1.165) is 18.4 Å². The second kappa shape index (κ2) is 6.69. The zero-order valence-electron chi connectivity index (χ0n) is 14.0. The summed E-state index contributed by atoms with van der Waals surface area (Å²) < 4.78 is 5.49. The molecule has 1 aromatic carbocycles. The van der Waals surface area contributed by atoms with Gasteiger partial charge in [0.1, 0.15) is 5.60 Å². The Bertz CT molecular complexity index is 495. The van der Waals surface area contributed by atoms with Crippen molar-refractivity contribution in [2.24, 2.45) is 5.92 Å². The lowest BCUT2D eigenvalue weighted by molar-refractivity contribution is 0.00669. The maximum Gasteiger partial charge on any atom is 0.410 e. The van der Waals surface area contributed by atoms with Crippen molar-refractivity contribution >= 4 is 6.09 Å². The molecule has 3 unspecified atom stereocenters. The molecule has 0 radical (unpaired) electrons. The first-order chi connectivity index (χ1) is 10.3. The Morgan fingerprint density at radius 2 is 1.95 bits per heavy atom. The van der Waals surface area contributed by atoms with E-state index < -0.39 is 11.7 Å². The van der Waals surface area contributed by atoms with Gasteiger partial charge in [0.15, 0.2) is 0 Å². The Morgan fingerprint density at radius 3 is 2.55 bits per heavy atom. The first-order valence-corrected chi connectivity index (χ1v) is 8.02. The summed E-state index contributed by atoms with van der Waals surface area (Å²) in [4.78, 5) is 14.1. The number of hydrogen-bond donors (Lipinski definition) is 1. The third-order valence-corrected chi connectivity index (χ3v) is 4.17. The van der Waals surface area contributed by atoms with Gasteiger partial charge in [0, 0.05) is 18.5 Å². The predicted octanol–water partition coefficient (Wildman–Crippen LogP) is 3.76. The number of rotatable bonds is 3. The van der Waals surface area contributed by atoms with Crippen LogP contribution < -0.4 is 0 Å². The molecule has 22 heavy (non-hydrogen) atoms. The molecule has 0 bridgehead atoms. The summed E-state index contributed by atoms with van der Waals surface area (Å²) in [5, 5.41) is 10.6. The van der Waals surface area contributed by atoms with Crippen molar-refractivity contribution in [2.45, 2.75) is 58.3 Å². The molecule has 0 saturated carbocycles. The average molecular weight is 305 g/mol. The molecule has 4 heteroatoms. The smallest absolute Gasteiger partial charge is 0.410 e. The zero-order valence-corrected chi connectivity index (χ0v) is 14.0. The Morgan fingerprint density at radius 1 is 1.32 bits per heavy atom. The lowest BCUT2D eigenvalue weighted by atomic mass is 9.89. The second-order valence-corrected chi connectivity index (χ2v) is 7.10. The van der Waals surface area contributed by atoms with E-state index >= 15 is 0 Å². The summed E-state index contributed by atoms with van der Waals surface area (Å²) in [6.45, 7) is 8.32. The fourth-order valence-corrected chi connectivity index (χ4v) is 3.05. The Labute approximate surface area is 133 Å². The van der Waals surface area contributed by atoms with Gasteiger partial charge in [-0.25, -0.2) is 4.79 Å². The minimum absolute atomic E-state index is 0.0186. The molecule has 0 aliphatic carbocycles. The van der Waals surface area contributed by atoms with Gasteiger partial charge in [0.25, 0.3) is 0 Å². The maximum atomic E-state index is 12.4. The highest BCUT2D eigenvalue weighted by Crippen LogP contribution is 2.33. The molecule has 1 aromatic rings. The van der Waals surface area contributed by atoms with Crippen LogP contribution in [0.5, 0.6) is 0 Å². The van der Waals surface area contributed by atoms with Crippen molar-refractivity contribution in [1.82, 2.24) is 4.90 Å². The van der Waals surface area contributed by atoms with Crippen LogP contribution >= 0.6 is 0 Å². The molecule has 0 spiro atoms. The zero-order chi connectivity index (χ0) is 16.3. The van der Waals surface area contributed by atoms with Crippen molar-refractivity contribution < 1.29 is 14.6 Å². The van der Waals surface area contributed by atoms with Crippen LogP contribution in [0.3, 0.4) is 0 Å². The highest BCUT2D eigenvalue weighted by Gasteiger charge is 2.38. The molecule has 3 atom stereocenters. The third-order valence-electron chi connectivity index (χ3n) is 4.17.